The zero-order chi connectivity index (χ0) is 51.4. The molecule has 6 nitrogen and oxygen atoms in total. The Balaban J connectivity index is 4.48. The number of hydrogen-bond donors (Lipinski definition) is 0. The van der Waals surface area contributed by atoms with Gasteiger partial charge in [-0.05, 0) is 128 Å². The minimum absolute atomic E-state index is 0.0989. The first-order valence-corrected chi connectivity index (χ1v) is 29.0. The van der Waals surface area contributed by atoms with Gasteiger partial charge in [0.1, 0.15) is 13.2 Å². The zero-order valence-corrected chi connectivity index (χ0v) is 45.9. The summed E-state index contributed by atoms with van der Waals surface area (Å²) in [7, 11) is 0. The summed E-state index contributed by atoms with van der Waals surface area (Å²) in [5, 5.41) is 0. The molecule has 0 aromatic rings. The van der Waals surface area contributed by atoms with Crippen molar-refractivity contribution in [2.75, 3.05) is 13.2 Å². The van der Waals surface area contributed by atoms with Crippen molar-refractivity contribution in [1.29, 1.82) is 0 Å². The molecule has 0 rings (SSSR count). The van der Waals surface area contributed by atoms with Gasteiger partial charge in [-0.15, -0.1) is 0 Å². The number of unbranched alkanes of at least 4 members (excludes halogenated alkanes) is 20. The van der Waals surface area contributed by atoms with Crippen LogP contribution in [0.3, 0.4) is 0 Å². The Bertz CT molecular complexity index is 1500. The van der Waals surface area contributed by atoms with Crippen LogP contribution in [0.15, 0.2) is 122 Å². The van der Waals surface area contributed by atoms with E-state index < -0.39 is 6.10 Å². The fourth-order valence-electron chi connectivity index (χ4n) is 7.63. The van der Waals surface area contributed by atoms with Crippen LogP contribution in [-0.2, 0) is 28.6 Å². The molecule has 0 heterocycles. The van der Waals surface area contributed by atoms with E-state index in [2.05, 4.69) is 142 Å². The molecule has 0 aliphatic rings. The third kappa shape index (κ3) is 56.6. The molecule has 6 heteroatoms. The molecule has 0 bridgehead atoms. The maximum Gasteiger partial charge on any atom is 0.306 e. The molecule has 1 atom stereocenters. The van der Waals surface area contributed by atoms with Crippen LogP contribution in [0, 0.1) is 0 Å². The van der Waals surface area contributed by atoms with Gasteiger partial charge < -0.3 is 14.2 Å². The lowest BCUT2D eigenvalue weighted by molar-refractivity contribution is -0.167. The van der Waals surface area contributed by atoms with Crippen molar-refractivity contribution in [2.45, 2.75) is 258 Å². The molecule has 0 spiro atoms. The summed E-state index contributed by atoms with van der Waals surface area (Å²) < 4.78 is 16.9. The molecule has 0 aliphatic carbocycles. The monoisotopic (exact) mass is 983 g/mol. The highest BCUT2D eigenvalue weighted by atomic mass is 16.6. The van der Waals surface area contributed by atoms with E-state index in [-0.39, 0.29) is 31.1 Å². The number of rotatable bonds is 51. The van der Waals surface area contributed by atoms with E-state index in [0.29, 0.717) is 19.3 Å². The molecule has 0 amide bonds. The summed E-state index contributed by atoms with van der Waals surface area (Å²) >= 11 is 0. The maximum atomic E-state index is 12.9. The average molecular weight is 984 g/mol. The second-order valence-corrected chi connectivity index (χ2v) is 18.8. The number of carbonyl (C=O) groups is 3. The van der Waals surface area contributed by atoms with Gasteiger partial charge in [0, 0.05) is 19.3 Å². The summed E-state index contributed by atoms with van der Waals surface area (Å²) in [6.07, 6.45) is 80.4. The second kappa shape index (κ2) is 58.4. The van der Waals surface area contributed by atoms with Gasteiger partial charge >= 0.3 is 17.9 Å². The zero-order valence-electron chi connectivity index (χ0n) is 45.9. The molecule has 0 radical (unpaired) electrons. The predicted octanol–water partition coefficient (Wildman–Crippen LogP) is 19.6. The van der Waals surface area contributed by atoms with Crippen LogP contribution in [0.4, 0.5) is 0 Å². The van der Waals surface area contributed by atoms with Gasteiger partial charge in [-0.3, -0.25) is 14.4 Å². The van der Waals surface area contributed by atoms with E-state index in [4.69, 9.17) is 14.2 Å². The Morgan fingerprint density at radius 3 is 0.859 bits per heavy atom. The number of allylic oxidation sites excluding steroid dienone is 20. The van der Waals surface area contributed by atoms with Crippen LogP contribution < -0.4 is 0 Å². The fraction of sp³-hybridized carbons (Fsp3) is 0.646. The Labute approximate surface area is 437 Å². The molecule has 1 unspecified atom stereocenters. The highest BCUT2D eigenvalue weighted by Crippen LogP contribution is 2.14. The average Bonchev–Trinajstić information content (AvgIpc) is 3.37. The van der Waals surface area contributed by atoms with Crippen LogP contribution in [0.25, 0.3) is 0 Å². The summed E-state index contributed by atoms with van der Waals surface area (Å²) in [6.45, 7) is 6.35. The Hall–Kier alpha value is -4.19. The van der Waals surface area contributed by atoms with Crippen molar-refractivity contribution < 1.29 is 28.6 Å². The van der Waals surface area contributed by atoms with Gasteiger partial charge in [0.05, 0.1) is 0 Å². The quantitative estimate of drug-likeness (QED) is 0.0261. The van der Waals surface area contributed by atoms with Crippen LogP contribution in [-0.4, -0.2) is 37.2 Å². The molecular formula is C65H106O6. The lowest BCUT2D eigenvalue weighted by Crippen LogP contribution is -2.30. The third-order valence-corrected chi connectivity index (χ3v) is 11.9. The lowest BCUT2D eigenvalue weighted by atomic mass is 10.1. The summed E-state index contributed by atoms with van der Waals surface area (Å²) in [5.41, 5.74) is 0. The number of hydrogen-bond acceptors (Lipinski definition) is 6. The molecule has 0 aromatic carbocycles. The van der Waals surface area contributed by atoms with E-state index in [0.717, 1.165) is 161 Å². The van der Waals surface area contributed by atoms with Crippen LogP contribution in [0.5, 0.6) is 0 Å². The molecule has 0 saturated heterocycles. The Morgan fingerprint density at radius 2 is 0.549 bits per heavy atom. The molecule has 402 valence electrons. The predicted molar refractivity (Wildman–Crippen MR) is 306 cm³/mol. The Kier molecular flexibility index (Phi) is 54.9. The molecule has 0 aromatic heterocycles. The molecule has 0 saturated carbocycles. The van der Waals surface area contributed by atoms with Crippen molar-refractivity contribution in [1.82, 2.24) is 0 Å². The third-order valence-electron chi connectivity index (χ3n) is 11.9. The summed E-state index contributed by atoms with van der Waals surface area (Å²) in [5.74, 6) is -0.940. The van der Waals surface area contributed by atoms with E-state index in [1.54, 1.807) is 0 Å². The van der Waals surface area contributed by atoms with Crippen LogP contribution >= 0.6 is 0 Å². The molecule has 0 N–H and O–H groups in total. The highest BCUT2D eigenvalue weighted by Gasteiger charge is 2.19. The van der Waals surface area contributed by atoms with Gasteiger partial charge in [-0.2, -0.15) is 0 Å². The standard InChI is InChI=1S/C65H106O6/c1-4-7-10-13-16-19-22-25-28-30-32-34-37-40-43-46-49-52-55-58-64(67)70-61-62(60-69-63(66)57-54-51-48-45-42-39-36-27-24-21-18-15-12-9-6-3)71-65(68)59-56-53-50-47-44-41-38-35-33-31-29-26-23-20-17-14-11-8-5-2/h7-8,10-11,16-21,25-29,32-36,62H,4-6,9,12-15,22-24,30-31,37-61H2,1-3H3/b10-7-,11-8-,19-16-,20-17-,21-18-,28-25-,29-26-,34-32-,35-33-,36-27-. The number of esters is 3. The first-order valence-electron chi connectivity index (χ1n) is 29.0. The largest absolute Gasteiger partial charge is 0.462 e. The summed E-state index contributed by atoms with van der Waals surface area (Å²) in [4.78, 5) is 38.2. The number of ether oxygens (including phenoxy) is 3. The van der Waals surface area contributed by atoms with Gasteiger partial charge in [0.15, 0.2) is 6.10 Å². The molecule has 71 heavy (non-hydrogen) atoms. The van der Waals surface area contributed by atoms with E-state index in [1.165, 1.54) is 51.4 Å². The van der Waals surface area contributed by atoms with Crippen molar-refractivity contribution in [3.8, 4) is 0 Å². The van der Waals surface area contributed by atoms with E-state index in [1.807, 2.05) is 0 Å². The molecule has 0 fully saturated rings. The van der Waals surface area contributed by atoms with Gasteiger partial charge in [-0.1, -0.05) is 226 Å². The minimum Gasteiger partial charge on any atom is -0.462 e. The van der Waals surface area contributed by atoms with Crippen molar-refractivity contribution >= 4 is 17.9 Å². The normalized spacial score (nSPS) is 13.0. The van der Waals surface area contributed by atoms with E-state index in [9.17, 15) is 14.4 Å². The first kappa shape index (κ1) is 66.8. The first-order chi connectivity index (χ1) is 35.0. The minimum atomic E-state index is -0.802. The second-order valence-electron chi connectivity index (χ2n) is 18.8. The SMILES string of the molecule is CC/C=C\C/C=C\C/C=C\C/C=C\CCCCCCCCC(=O)OCC(COC(=O)CCCCCCC/C=C\C/C=C\CCCCC)OC(=O)CCCCCCCC/C=C\C/C=C\C/C=C\C/C=C\CC. The molecular weight excluding hydrogens is 877 g/mol. The maximum absolute atomic E-state index is 12.9. The smallest absolute Gasteiger partial charge is 0.306 e. The lowest BCUT2D eigenvalue weighted by Gasteiger charge is -2.18. The van der Waals surface area contributed by atoms with Crippen LogP contribution in [0.2, 0.25) is 0 Å². The van der Waals surface area contributed by atoms with E-state index >= 15 is 0 Å². The van der Waals surface area contributed by atoms with Crippen molar-refractivity contribution in [2.24, 2.45) is 0 Å². The van der Waals surface area contributed by atoms with Crippen molar-refractivity contribution in [3.63, 3.8) is 0 Å². The van der Waals surface area contributed by atoms with Gasteiger partial charge in [0.25, 0.3) is 0 Å². The van der Waals surface area contributed by atoms with Gasteiger partial charge in [0.2, 0.25) is 0 Å². The fourth-order valence-corrected chi connectivity index (χ4v) is 7.63. The molecule has 0 aliphatic heterocycles. The number of carbonyl (C=O) groups excluding carboxylic acids is 3. The van der Waals surface area contributed by atoms with Gasteiger partial charge in [-0.25, -0.2) is 0 Å². The topological polar surface area (TPSA) is 78.9 Å². The Morgan fingerprint density at radius 1 is 0.296 bits per heavy atom. The summed E-state index contributed by atoms with van der Waals surface area (Å²) in [6, 6.07) is 0. The van der Waals surface area contributed by atoms with Crippen molar-refractivity contribution in [3.05, 3.63) is 122 Å². The van der Waals surface area contributed by atoms with Crippen LogP contribution in [0.1, 0.15) is 252 Å². The highest BCUT2D eigenvalue weighted by molar-refractivity contribution is 5.71.